The van der Waals surface area contributed by atoms with Crippen molar-refractivity contribution < 1.29 is 14.3 Å². The molecule has 1 N–H and O–H groups in total. The standard InChI is InChI=1S/C14H27NO3/c1-14(18-3,11-17-2)10-15-13(16)9-8-12-6-4-5-7-12/h12H,4-11H2,1-3H3,(H,15,16)/t14-/m1/s1. The van der Waals surface area contributed by atoms with Crippen molar-refractivity contribution in [2.45, 2.75) is 51.0 Å². The quantitative estimate of drug-likeness (QED) is 0.724. The molecule has 1 aliphatic rings. The summed E-state index contributed by atoms with van der Waals surface area (Å²) in [5.74, 6) is 0.893. The Morgan fingerprint density at radius 2 is 2.00 bits per heavy atom. The molecule has 4 heteroatoms. The normalized spacial score (nSPS) is 19.7. The van der Waals surface area contributed by atoms with Crippen LogP contribution in [0.15, 0.2) is 0 Å². The second-order valence-corrected chi connectivity index (χ2v) is 5.55. The molecule has 0 aliphatic heterocycles. The van der Waals surface area contributed by atoms with Crippen LogP contribution in [0.3, 0.4) is 0 Å². The first-order valence-corrected chi connectivity index (χ1v) is 6.90. The molecule has 18 heavy (non-hydrogen) atoms. The number of amides is 1. The van der Waals surface area contributed by atoms with E-state index in [1.54, 1.807) is 14.2 Å². The highest BCUT2D eigenvalue weighted by Crippen LogP contribution is 2.28. The van der Waals surface area contributed by atoms with Crippen molar-refractivity contribution in [2.75, 3.05) is 27.4 Å². The van der Waals surface area contributed by atoms with Gasteiger partial charge in [0, 0.05) is 27.2 Å². The average molecular weight is 257 g/mol. The third-order valence-electron chi connectivity index (χ3n) is 3.86. The molecule has 1 aliphatic carbocycles. The predicted molar refractivity (Wildman–Crippen MR) is 71.5 cm³/mol. The molecule has 0 bridgehead atoms. The van der Waals surface area contributed by atoms with Gasteiger partial charge in [-0.1, -0.05) is 25.7 Å². The summed E-state index contributed by atoms with van der Waals surface area (Å²) in [6.07, 6.45) is 6.93. The molecule has 0 spiro atoms. The van der Waals surface area contributed by atoms with E-state index in [9.17, 15) is 4.79 Å². The molecule has 0 aromatic carbocycles. The van der Waals surface area contributed by atoms with Crippen molar-refractivity contribution in [3.05, 3.63) is 0 Å². The predicted octanol–water partition coefficient (Wildman–Crippen LogP) is 2.12. The molecule has 0 heterocycles. The topological polar surface area (TPSA) is 47.6 Å². The number of rotatable bonds is 8. The zero-order chi connectivity index (χ0) is 13.4. The van der Waals surface area contributed by atoms with E-state index in [2.05, 4.69) is 5.32 Å². The number of hydrogen-bond donors (Lipinski definition) is 1. The molecule has 0 aromatic rings. The number of nitrogens with one attached hydrogen (secondary N) is 1. The summed E-state index contributed by atoms with van der Waals surface area (Å²) in [5.41, 5.74) is -0.433. The van der Waals surface area contributed by atoms with E-state index in [0.29, 0.717) is 19.6 Å². The van der Waals surface area contributed by atoms with Crippen LogP contribution >= 0.6 is 0 Å². The van der Waals surface area contributed by atoms with Gasteiger partial charge >= 0.3 is 0 Å². The maximum Gasteiger partial charge on any atom is 0.220 e. The molecule has 1 fully saturated rings. The van der Waals surface area contributed by atoms with E-state index < -0.39 is 5.60 Å². The summed E-state index contributed by atoms with van der Waals surface area (Å²) >= 11 is 0. The Kier molecular flexibility index (Phi) is 6.65. The van der Waals surface area contributed by atoms with Crippen molar-refractivity contribution in [1.29, 1.82) is 0 Å². The number of carbonyl (C=O) groups excluding carboxylic acids is 1. The van der Waals surface area contributed by atoms with E-state index in [1.807, 2.05) is 6.92 Å². The Morgan fingerprint density at radius 3 is 2.56 bits per heavy atom. The van der Waals surface area contributed by atoms with Gasteiger partial charge in [0.05, 0.1) is 6.61 Å². The molecular formula is C14H27NO3. The lowest BCUT2D eigenvalue weighted by Gasteiger charge is -2.27. The Balaban J connectivity index is 2.18. The minimum absolute atomic E-state index is 0.126. The first-order chi connectivity index (χ1) is 8.59. The fourth-order valence-corrected chi connectivity index (χ4v) is 2.50. The molecule has 4 nitrogen and oxygen atoms in total. The monoisotopic (exact) mass is 257 g/mol. The van der Waals surface area contributed by atoms with Crippen LogP contribution in [0.5, 0.6) is 0 Å². The van der Waals surface area contributed by atoms with Crippen LogP contribution in [0, 0.1) is 5.92 Å². The van der Waals surface area contributed by atoms with Crippen molar-refractivity contribution in [3.63, 3.8) is 0 Å². The van der Waals surface area contributed by atoms with E-state index in [0.717, 1.165) is 12.3 Å². The number of methoxy groups -OCH3 is 2. The molecule has 1 atom stereocenters. The van der Waals surface area contributed by atoms with Gasteiger partial charge in [-0.2, -0.15) is 0 Å². The molecule has 1 amide bonds. The van der Waals surface area contributed by atoms with Gasteiger partial charge in [-0.15, -0.1) is 0 Å². The van der Waals surface area contributed by atoms with E-state index in [-0.39, 0.29) is 5.91 Å². The summed E-state index contributed by atoms with van der Waals surface area (Å²) < 4.78 is 10.5. The maximum absolute atomic E-state index is 11.8. The van der Waals surface area contributed by atoms with E-state index in [1.165, 1.54) is 25.7 Å². The minimum atomic E-state index is -0.433. The lowest BCUT2D eigenvalue weighted by molar-refractivity contribution is -0.123. The zero-order valence-electron chi connectivity index (χ0n) is 12.0. The minimum Gasteiger partial charge on any atom is -0.382 e. The van der Waals surface area contributed by atoms with Crippen LogP contribution in [-0.2, 0) is 14.3 Å². The van der Waals surface area contributed by atoms with Crippen LogP contribution in [-0.4, -0.2) is 38.9 Å². The van der Waals surface area contributed by atoms with E-state index >= 15 is 0 Å². The number of ether oxygens (including phenoxy) is 2. The van der Waals surface area contributed by atoms with Crippen LogP contribution in [0.25, 0.3) is 0 Å². The molecule has 106 valence electrons. The Labute approximate surface area is 110 Å². The van der Waals surface area contributed by atoms with Crippen molar-refractivity contribution >= 4 is 5.91 Å². The fourth-order valence-electron chi connectivity index (χ4n) is 2.50. The van der Waals surface area contributed by atoms with Gasteiger partial charge in [0.1, 0.15) is 5.60 Å². The van der Waals surface area contributed by atoms with Gasteiger partial charge in [-0.25, -0.2) is 0 Å². The van der Waals surface area contributed by atoms with E-state index in [4.69, 9.17) is 9.47 Å². The molecule has 1 rings (SSSR count). The Bertz CT molecular complexity index is 251. The number of carbonyl (C=O) groups is 1. The maximum atomic E-state index is 11.8. The summed E-state index contributed by atoms with van der Waals surface area (Å²) in [4.78, 5) is 11.8. The van der Waals surface area contributed by atoms with Crippen LogP contribution in [0.1, 0.15) is 45.4 Å². The lowest BCUT2D eigenvalue weighted by Crippen LogP contribution is -2.45. The zero-order valence-corrected chi connectivity index (χ0v) is 12.0. The second kappa shape index (κ2) is 7.74. The molecule has 0 aromatic heterocycles. The first kappa shape index (κ1) is 15.4. The van der Waals surface area contributed by atoms with Gasteiger partial charge in [-0.05, 0) is 19.3 Å². The average Bonchev–Trinajstić information content (AvgIpc) is 2.87. The van der Waals surface area contributed by atoms with Gasteiger partial charge in [0.25, 0.3) is 0 Å². The summed E-state index contributed by atoms with van der Waals surface area (Å²) in [6, 6.07) is 0. The van der Waals surface area contributed by atoms with Crippen LogP contribution in [0.4, 0.5) is 0 Å². The van der Waals surface area contributed by atoms with Crippen molar-refractivity contribution in [3.8, 4) is 0 Å². The summed E-state index contributed by atoms with van der Waals surface area (Å²) in [5, 5.41) is 2.94. The molecule has 0 saturated heterocycles. The van der Waals surface area contributed by atoms with Crippen molar-refractivity contribution in [1.82, 2.24) is 5.32 Å². The van der Waals surface area contributed by atoms with Gasteiger partial charge in [0.2, 0.25) is 5.91 Å². The summed E-state index contributed by atoms with van der Waals surface area (Å²) in [6.45, 7) is 2.92. The van der Waals surface area contributed by atoms with Gasteiger partial charge < -0.3 is 14.8 Å². The smallest absolute Gasteiger partial charge is 0.220 e. The highest BCUT2D eigenvalue weighted by molar-refractivity contribution is 5.75. The molecule has 0 radical (unpaired) electrons. The molecule has 1 saturated carbocycles. The molecular weight excluding hydrogens is 230 g/mol. The van der Waals surface area contributed by atoms with Gasteiger partial charge in [0.15, 0.2) is 0 Å². The van der Waals surface area contributed by atoms with Gasteiger partial charge in [-0.3, -0.25) is 4.79 Å². The van der Waals surface area contributed by atoms with Crippen LogP contribution < -0.4 is 5.32 Å². The van der Waals surface area contributed by atoms with Crippen molar-refractivity contribution in [2.24, 2.45) is 5.92 Å². The first-order valence-electron chi connectivity index (χ1n) is 6.90. The largest absolute Gasteiger partial charge is 0.382 e. The Hall–Kier alpha value is -0.610. The van der Waals surface area contributed by atoms with Crippen LogP contribution in [0.2, 0.25) is 0 Å². The fraction of sp³-hybridized carbons (Fsp3) is 0.929. The third kappa shape index (κ3) is 5.36. The third-order valence-corrected chi connectivity index (χ3v) is 3.86. The Morgan fingerprint density at radius 1 is 1.33 bits per heavy atom. The highest BCUT2D eigenvalue weighted by Gasteiger charge is 2.24. The molecule has 0 unspecified atom stereocenters. The highest BCUT2D eigenvalue weighted by atomic mass is 16.5. The SMILES string of the molecule is COC[C@@](C)(CNC(=O)CCC1CCCC1)OC. The number of hydrogen-bond acceptors (Lipinski definition) is 3. The summed E-state index contributed by atoms with van der Waals surface area (Å²) in [7, 11) is 3.28. The second-order valence-electron chi connectivity index (χ2n) is 5.55. The lowest BCUT2D eigenvalue weighted by atomic mass is 10.0.